The number of benzene rings is 1. The molecule has 22 heavy (non-hydrogen) atoms. The fourth-order valence-corrected chi connectivity index (χ4v) is 2.53. The maximum Gasteiger partial charge on any atom is 0.254 e. The Bertz CT molecular complexity index is 648. The van der Waals surface area contributed by atoms with E-state index in [1.807, 2.05) is 40.9 Å². The monoisotopic (exact) mass is 300 g/mol. The molecule has 0 atom stereocenters. The summed E-state index contributed by atoms with van der Waals surface area (Å²) in [5.41, 5.74) is 7.11. The molecule has 1 saturated heterocycles. The number of nitrogens with zero attached hydrogens (tertiary/aromatic N) is 3. The number of hydrogen-bond donors (Lipinski definition) is 1. The molecule has 0 radical (unpaired) electrons. The number of ether oxygens (including phenoxy) is 1. The van der Waals surface area contributed by atoms with Gasteiger partial charge in [-0.3, -0.25) is 9.48 Å². The van der Waals surface area contributed by atoms with Crippen LogP contribution in [0.2, 0.25) is 0 Å². The molecule has 1 aromatic heterocycles. The molecule has 2 heterocycles. The second-order valence-electron chi connectivity index (χ2n) is 5.47. The van der Waals surface area contributed by atoms with E-state index in [0.29, 0.717) is 31.8 Å². The largest absolute Gasteiger partial charge is 0.492 e. The number of hydrogen-bond acceptors (Lipinski definition) is 4. The smallest absolute Gasteiger partial charge is 0.254 e. The predicted molar refractivity (Wildman–Crippen MR) is 82.9 cm³/mol. The molecule has 1 aliphatic rings. The molecule has 1 aliphatic heterocycles. The summed E-state index contributed by atoms with van der Waals surface area (Å²) in [6.07, 6.45) is 3.68. The molecule has 1 aromatic carbocycles. The van der Waals surface area contributed by atoms with E-state index in [-0.39, 0.29) is 11.9 Å². The average Bonchev–Trinajstić information content (AvgIpc) is 2.98. The van der Waals surface area contributed by atoms with Crippen molar-refractivity contribution in [1.82, 2.24) is 14.7 Å². The Hall–Kier alpha value is -2.34. The van der Waals surface area contributed by atoms with E-state index in [0.717, 1.165) is 11.3 Å². The van der Waals surface area contributed by atoms with Gasteiger partial charge in [0.2, 0.25) is 0 Å². The lowest BCUT2D eigenvalue weighted by Gasteiger charge is -2.39. The second kappa shape index (κ2) is 6.19. The molecule has 0 saturated carbocycles. The van der Waals surface area contributed by atoms with Gasteiger partial charge in [-0.25, -0.2) is 0 Å². The van der Waals surface area contributed by atoms with Crippen LogP contribution < -0.4 is 10.5 Å². The van der Waals surface area contributed by atoms with Crippen molar-refractivity contribution in [3.63, 3.8) is 0 Å². The Morgan fingerprint density at radius 1 is 1.45 bits per heavy atom. The molecule has 0 bridgehead atoms. The molecule has 0 spiro atoms. The number of carbonyl (C=O) groups is 1. The van der Waals surface area contributed by atoms with Crippen molar-refractivity contribution < 1.29 is 9.53 Å². The first kappa shape index (κ1) is 14.6. The molecule has 0 unspecified atom stereocenters. The Kier molecular flexibility index (Phi) is 4.11. The van der Waals surface area contributed by atoms with Crippen LogP contribution in [0.5, 0.6) is 5.75 Å². The van der Waals surface area contributed by atoms with Gasteiger partial charge >= 0.3 is 0 Å². The fourth-order valence-electron chi connectivity index (χ4n) is 2.53. The molecule has 0 aliphatic carbocycles. The van der Waals surface area contributed by atoms with E-state index in [1.54, 1.807) is 12.3 Å². The van der Waals surface area contributed by atoms with Crippen molar-refractivity contribution in [3.05, 3.63) is 47.8 Å². The summed E-state index contributed by atoms with van der Waals surface area (Å²) in [6.45, 7) is 4.23. The standard InChI is InChI=1S/C16H20N4O2/c1-12-3-4-13(9-15(12)22-8-5-17)16(21)19-10-14(11-19)20-7-2-6-18-20/h2-4,6-7,9,14H,5,8,10-11,17H2,1H3. The van der Waals surface area contributed by atoms with Crippen LogP contribution in [0, 0.1) is 6.92 Å². The summed E-state index contributed by atoms with van der Waals surface area (Å²) in [5.74, 6) is 0.751. The zero-order valence-electron chi connectivity index (χ0n) is 12.6. The number of rotatable bonds is 5. The summed E-state index contributed by atoms with van der Waals surface area (Å²) < 4.78 is 7.48. The minimum atomic E-state index is 0.0287. The van der Waals surface area contributed by atoms with Crippen LogP contribution in [-0.2, 0) is 0 Å². The van der Waals surface area contributed by atoms with E-state index in [2.05, 4.69) is 5.10 Å². The Labute approximate surface area is 129 Å². The van der Waals surface area contributed by atoms with Crippen LogP contribution in [0.3, 0.4) is 0 Å². The molecule has 6 heteroatoms. The van der Waals surface area contributed by atoms with Crippen LogP contribution >= 0.6 is 0 Å². The highest BCUT2D eigenvalue weighted by atomic mass is 16.5. The fraction of sp³-hybridized carbons (Fsp3) is 0.375. The molecule has 3 rings (SSSR count). The Balaban J connectivity index is 1.66. The molecular formula is C16H20N4O2. The van der Waals surface area contributed by atoms with Gasteiger partial charge in [0.25, 0.3) is 5.91 Å². The van der Waals surface area contributed by atoms with Crippen molar-refractivity contribution >= 4 is 5.91 Å². The summed E-state index contributed by atoms with van der Waals surface area (Å²) in [7, 11) is 0. The summed E-state index contributed by atoms with van der Waals surface area (Å²) in [5, 5.41) is 4.21. The van der Waals surface area contributed by atoms with Gasteiger partial charge in [-0.1, -0.05) is 6.07 Å². The summed E-state index contributed by atoms with van der Waals surface area (Å²) in [4.78, 5) is 14.3. The first-order chi connectivity index (χ1) is 10.7. The topological polar surface area (TPSA) is 73.4 Å². The SMILES string of the molecule is Cc1ccc(C(=O)N2CC(n3cccn3)C2)cc1OCCN. The molecule has 1 amide bonds. The second-order valence-corrected chi connectivity index (χ2v) is 5.47. The number of aromatic nitrogens is 2. The third kappa shape index (κ3) is 2.82. The van der Waals surface area contributed by atoms with E-state index >= 15 is 0 Å². The number of nitrogens with two attached hydrogens (primary N) is 1. The normalized spacial score (nSPS) is 14.7. The van der Waals surface area contributed by atoms with Crippen molar-refractivity contribution in [2.24, 2.45) is 5.73 Å². The zero-order valence-corrected chi connectivity index (χ0v) is 12.6. The highest BCUT2D eigenvalue weighted by Gasteiger charge is 2.32. The number of amides is 1. The molecular weight excluding hydrogens is 280 g/mol. The van der Waals surface area contributed by atoms with E-state index in [9.17, 15) is 4.79 Å². The van der Waals surface area contributed by atoms with Crippen LogP contribution in [0.25, 0.3) is 0 Å². The van der Waals surface area contributed by atoms with E-state index in [1.165, 1.54) is 0 Å². The Morgan fingerprint density at radius 3 is 2.95 bits per heavy atom. The third-order valence-corrected chi connectivity index (χ3v) is 3.86. The van der Waals surface area contributed by atoms with Crippen molar-refractivity contribution in [3.8, 4) is 5.75 Å². The van der Waals surface area contributed by atoms with Gasteiger partial charge in [-0.15, -0.1) is 0 Å². The van der Waals surface area contributed by atoms with E-state index in [4.69, 9.17) is 10.5 Å². The van der Waals surface area contributed by atoms with Gasteiger partial charge in [0.05, 0.1) is 6.04 Å². The average molecular weight is 300 g/mol. The van der Waals surface area contributed by atoms with Gasteiger partial charge in [0, 0.05) is 37.6 Å². The highest BCUT2D eigenvalue weighted by Crippen LogP contribution is 2.25. The van der Waals surface area contributed by atoms with Crippen LogP contribution in [0.1, 0.15) is 22.0 Å². The lowest BCUT2D eigenvalue weighted by atomic mass is 10.1. The molecule has 116 valence electrons. The van der Waals surface area contributed by atoms with Crippen molar-refractivity contribution in [2.75, 3.05) is 26.2 Å². The van der Waals surface area contributed by atoms with Gasteiger partial charge in [-0.2, -0.15) is 5.10 Å². The lowest BCUT2D eigenvalue weighted by Crippen LogP contribution is -2.50. The number of likely N-dealkylation sites (tertiary alicyclic amines) is 1. The number of carbonyl (C=O) groups excluding carboxylic acids is 1. The van der Waals surface area contributed by atoms with Crippen LogP contribution in [-0.4, -0.2) is 46.8 Å². The highest BCUT2D eigenvalue weighted by molar-refractivity contribution is 5.95. The summed E-state index contributed by atoms with van der Waals surface area (Å²) >= 11 is 0. The minimum Gasteiger partial charge on any atom is -0.492 e. The molecule has 6 nitrogen and oxygen atoms in total. The van der Waals surface area contributed by atoms with Crippen LogP contribution in [0.4, 0.5) is 0 Å². The van der Waals surface area contributed by atoms with E-state index < -0.39 is 0 Å². The zero-order chi connectivity index (χ0) is 15.5. The lowest BCUT2D eigenvalue weighted by molar-refractivity contribution is 0.0501. The first-order valence-corrected chi connectivity index (χ1v) is 7.41. The Morgan fingerprint density at radius 2 is 2.27 bits per heavy atom. The van der Waals surface area contributed by atoms with Crippen molar-refractivity contribution in [1.29, 1.82) is 0 Å². The molecule has 2 aromatic rings. The van der Waals surface area contributed by atoms with Gasteiger partial charge in [0.1, 0.15) is 12.4 Å². The number of aryl methyl sites for hydroxylation is 1. The first-order valence-electron chi connectivity index (χ1n) is 7.41. The van der Waals surface area contributed by atoms with Crippen LogP contribution in [0.15, 0.2) is 36.7 Å². The maximum absolute atomic E-state index is 12.5. The van der Waals surface area contributed by atoms with Gasteiger partial charge in [0.15, 0.2) is 0 Å². The quantitative estimate of drug-likeness (QED) is 0.901. The third-order valence-electron chi connectivity index (χ3n) is 3.86. The maximum atomic E-state index is 12.5. The van der Waals surface area contributed by atoms with Crippen molar-refractivity contribution in [2.45, 2.75) is 13.0 Å². The minimum absolute atomic E-state index is 0.0287. The molecule has 1 fully saturated rings. The predicted octanol–water partition coefficient (Wildman–Crippen LogP) is 1.23. The van der Waals surface area contributed by atoms with Gasteiger partial charge < -0.3 is 15.4 Å². The molecule has 2 N–H and O–H groups in total. The summed E-state index contributed by atoms with van der Waals surface area (Å²) in [6, 6.07) is 7.72. The van der Waals surface area contributed by atoms with Gasteiger partial charge in [-0.05, 0) is 30.7 Å².